The van der Waals surface area contributed by atoms with Gasteiger partial charge >= 0.3 is 37.4 Å². The quantitative estimate of drug-likeness (QED) is 0.440. The van der Waals surface area contributed by atoms with E-state index in [1.807, 2.05) is 42.5 Å². The van der Waals surface area contributed by atoms with Crippen LogP contribution in [0.4, 0.5) is 0 Å². The number of phosphoric ester groups is 1. The number of methoxy groups -OCH3 is 1. The number of benzene rings is 2. The van der Waals surface area contributed by atoms with Gasteiger partial charge in [-0.15, -0.1) is 0 Å². The van der Waals surface area contributed by atoms with E-state index in [4.69, 9.17) is 13.8 Å². The number of hydrogen-bond acceptors (Lipinski definition) is 6. The molecule has 35 heavy (non-hydrogen) atoms. The van der Waals surface area contributed by atoms with Crippen LogP contribution in [0.1, 0.15) is 63.5 Å². The van der Waals surface area contributed by atoms with Gasteiger partial charge in [-0.25, -0.2) is 0 Å². The largest absolute Gasteiger partial charge is 1.00 e. The second-order valence-corrected chi connectivity index (χ2v) is 13.7. The first-order valence-electron chi connectivity index (χ1n) is 12.0. The van der Waals surface area contributed by atoms with Gasteiger partial charge in [0.2, 0.25) is 0 Å². The second kappa shape index (κ2) is 8.94. The van der Waals surface area contributed by atoms with Gasteiger partial charge in [0.05, 0.1) is 17.6 Å². The summed E-state index contributed by atoms with van der Waals surface area (Å²) in [4.78, 5) is 15.3. The molecule has 3 unspecified atom stereocenters. The summed E-state index contributed by atoms with van der Waals surface area (Å²) in [5.74, 6) is 1.47. The van der Waals surface area contributed by atoms with Crippen LogP contribution >= 0.6 is 19.6 Å². The summed E-state index contributed by atoms with van der Waals surface area (Å²) < 4.78 is 31.0. The van der Waals surface area contributed by atoms with E-state index in [2.05, 4.69) is 13.8 Å². The van der Waals surface area contributed by atoms with Crippen molar-refractivity contribution < 1.29 is 52.8 Å². The molecule has 1 aliphatic heterocycles. The van der Waals surface area contributed by atoms with E-state index in [0.29, 0.717) is 17.2 Å². The predicted octanol–water partition coefficient (Wildman–Crippen LogP) is 3.91. The number of rotatable bonds is 5. The fraction of sp³-hybridized carbons (Fsp3) is 0.481. The molecule has 1 heterocycles. The third-order valence-corrected chi connectivity index (χ3v) is 10.2. The third kappa shape index (κ3) is 4.81. The van der Waals surface area contributed by atoms with E-state index >= 15 is 0 Å². The van der Waals surface area contributed by atoms with Crippen LogP contribution < -0.4 is 39.2 Å². The number of ether oxygens (including phenoxy) is 1. The second-order valence-electron chi connectivity index (χ2n) is 11.4. The fourth-order valence-corrected chi connectivity index (χ4v) is 10.1. The molecule has 2 aromatic rings. The van der Waals surface area contributed by atoms with Crippen LogP contribution in [0.2, 0.25) is 0 Å². The Kier molecular flexibility index (Phi) is 6.62. The SMILES string of the molecule is COc1cccc2c1Sc1ccccc1C=C2OP(=O)([O-])OC12CC3CC(C)(CC(C)(C3)C1)C2.[Na+]. The maximum atomic E-state index is 13.5. The zero-order valence-corrected chi connectivity index (χ0v) is 24.5. The molecule has 4 bridgehead atoms. The van der Waals surface area contributed by atoms with Gasteiger partial charge in [0.15, 0.2) is 0 Å². The van der Waals surface area contributed by atoms with Crippen molar-refractivity contribution in [2.75, 3.05) is 7.11 Å². The number of fused-ring (bicyclic) bond motifs is 2. The van der Waals surface area contributed by atoms with Crippen LogP contribution in [-0.2, 0) is 13.6 Å². The molecule has 3 atom stereocenters. The van der Waals surface area contributed by atoms with Crippen molar-refractivity contribution in [1.82, 2.24) is 0 Å². The molecule has 2 aromatic carbocycles. The van der Waals surface area contributed by atoms with Gasteiger partial charge in [-0.1, -0.05) is 49.9 Å². The molecule has 8 heteroatoms. The summed E-state index contributed by atoms with van der Waals surface area (Å²) in [5.41, 5.74) is 1.21. The van der Waals surface area contributed by atoms with Crippen molar-refractivity contribution in [3.63, 3.8) is 0 Å². The van der Waals surface area contributed by atoms with Crippen LogP contribution in [0, 0.1) is 16.7 Å². The minimum atomic E-state index is -4.65. The van der Waals surface area contributed by atoms with E-state index in [9.17, 15) is 9.46 Å². The topological polar surface area (TPSA) is 67.8 Å². The van der Waals surface area contributed by atoms with Crippen molar-refractivity contribution in [1.29, 1.82) is 0 Å². The van der Waals surface area contributed by atoms with E-state index in [1.165, 1.54) is 12.8 Å². The maximum Gasteiger partial charge on any atom is 1.00 e. The zero-order valence-electron chi connectivity index (χ0n) is 20.8. The minimum Gasteiger partial charge on any atom is -0.746 e. The number of hydrogen-bond donors (Lipinski definition) is 0. The Labute approximate surface area is 233 Å². The maximum absolute atomic E-state index is 13.5. The Balaban J connectivity index is 0.00000253. The van der Waals surface area contributed by atoms with Crippen molar-refractivity contribution >= 4 is 31.4 Å². The van der Waals surface area contributed by atoms with Gasteiger partial charge in [-0.05, 0) is 85.1 Å². The molecule has 0 saturated heterocycles. The van der Waals surface area contributed by atoms with Gasteiger partial charge in [0.1, 0.15) is 11.5 Å². The van der Waals surface area contributed by atoms with E-state index in [0.717, 1.165) is 41.0 Å². The van der Waals surface area contributed by atoms with Gasteiger partial charge in [-0.2, -0.15) is 0 Å². The van der Waals surface area contributed by atoms with Crippen molar-refractivity contribution in [2.24, 2.45) is 16.7 Å². The molecular formula is C27H30NaO5PS. The van der Waals surface area contributed by atoms with Crippen LogP contribution in [0.15, 0.2) is 52.3 Å². The standard InChI is InChI=1S/C27H31O5PS.Na/c1-25-12-18-13-26(2,15-25)17-27(14-18,16-25)32-33(28,29)31-22-11-19-7-4-5-10-23(19)34-24-20(22)8-6-9-21(24)30-3;/h4-11,18H,12-17H2,1-3H3,(H,28,29);/q;+1/p-1. The van der Waals surface area contributed by atoms with Crippen molar-refractivity contribution in [3.05, 3.63) is 53.6 Å². The molecule has 4 fully saturated rings. The Hall–Kier alpha value is -0.720. The summed E-state index contributed by atoms with van der Waals surface area (Å²) in [6.45, 7) is 4.60. The molecular weight excluding hydrogens is 490 g/mol. The first-order chi connectivity index (χ1) is 16.1. The smallest absolute Gasteiger partial charge is 0.746 e. The van der Waals surface area contributed by atoms with Crippen molar-refractivity contribution in [3.8, 4) is 5.75 Å². The summed E-state index contributed by atoms with van der Waals surface area (Å²) in [7, 11) is -3.03. The fourth-order valence-electron chi connectivity index (χ4n) is 7.89. The van der Waals surface area contributed by atoms with E-state index in [1.54, 1.807) is 24.9 Å². The van der Waals surface area contributed by atoms with Crippen LogP contribution in [0.5, 0.6) is 5.75 Å². The van der Waals surface area contributed by atoms with Crippen LogP contribution in [-0.4, -0.2) is 12.7 Å². The van der Waals surface area contributed by atoms with Gasteiger partial charge in [-0.3, -0.25) is 4.57 Å². The monoisotopic (exact) mass is 520 g/mol. The molecule has 4 saturated carbocycles. The first-order valence-corrected chi connectivity index (χ1v) is 14.2. The molecule has 0 radical (unpaired) electrons. The molecule has 0 spiro atoms. The van der Waals surface area contributed by atoms with Gasteiger partial charge in [0.25, 0.3) is 0 Å². The molecule has 180 valence electrons. The Morgan fingerprint density at radius 1 is 1.00 bits per heavy atom. The van der Waals surface area contributed by atoms with E-state index < -0.39 is 13.4 Å². The van der Waals surface area contributed by atoms with Crippen LogP contribution in [0.3, 0.4) is 0 Å². The average molecular weight is 521 g/mol. The molecule has 0 aromatic heterocycles. The molecule has 0 amide bonds. The summed E-state index contributed by atoms with van der Waals surface area (Å²) in [6, 6.07) is 13.5. The molecule has 5 aliphatic rings. The molecule has 4 aliphatic carbocycles. The van der Waals surface area contributed by atoms with E-state index in [-0.39, 0.29) is 46.1 Å². The average Bonchev–Trinajstić information content (AvgIpc) is 2.86. The minimum absolute atomic E-state index is 0. The van der Waals surface area contributed by atoms with Gasteiger partial charge < -0.3 is 18.7 Å². The zero-order chi connectivity index (χ0) is 23.8. The predicted molar refractivity (Wildman–Crippen MR) is 131 cm³/mol. The normalized spacial score (nSPS) is 33.9. The molecule has 5 nitrogen and oxygen atoms in total. The molecule has 0 N–H and O–H groups in total. The van der Waals surface area contributed by atoms with Crippen LogP contribution in [0.25, 0.3) is 11.8 Å². The van der Waals surface area contributed by atoms with Crippen molar-refractivity contribution in [2.45, 2.75) is 67.8 Å². The third-order valence-electron chi connectivity index (χ3n) is 7.97. The first kappa shape index (κ1) is 25.9. The summed E-state index contributed by atoms with van der Waals surface area (Å²) in [6.07, 6.45) is 7.65. The molecule has 7 rings (SSSR count). The summed E-state index contributed by atoms with van der Waals surface area (Å²) in [5, 5.41) is 0. The number of phosphoric acid groups is 1. The Morgan fingerprint density at radius 3 is 2.40 bits per heavy atom. The van der Waals surface area contributed by atoms with Gasteiger partial charge in [0, 0.05) is 10.5 Å². The summed E-state index contributed by atoms with van der Waals surface area (Å²) >= 11 is 1.55. The Morgan fingerprint density at radius 2 is 1.71 bits per heavy atom. The Bertz CT molecular complexity index is 1230.